The predicted octanol–water partition coefficient (Wildman–Crippen LogP) is 1.29. The van der Waals surface area contributed by atoms with Gasteiger partial charge >= 0.3 is 5.76 Å². The van der Waals surface area contributed by atoms with Crippen molar-refractivity contribution in [1.29, 1.82) is 0 Å². The number of amides is 1. The van der Waals surface area contributed by atoms with E-state index in [2.05, 4.69) is 10.0 Å². The van der Waals surface area contributed by atoms with Gasteiger partial charge in [0, 0.05) is 31.4 Å². The smallest absolute Gasteiger partial charge is 0.408 e. The minimum Gasteiger partial charge on any atom is -0.408 e. The van der Waals surface area contributed by atoms with Crippen LogP contribution in [-0.2, 0) is 17.1 Å². The maximum atomic E-state index is 12.5. The molecule has 2 N–H and O–H groups in total. The largest absolute Gasteiger partial charge is 0.419 e. The molecule has 1 heterocycles. The molecule has 0 aliphatic heterocycles. The van der Waals surface area contributed by atoms with Crippen molar-refractivity contribution in [1.82, 2.24) is 9.88 Å². The molecule has 1 aromatic heterocycles. The van der Waals surface area contributed by atoms with Gasteiger partial charge in [0.1, 0.15) is 0 Å². The fourth-order valence-electron chi connectivity index (χ4n) is 2.36. The lowest BCUT2D eigenvalue weighted by Crippen LogP contribution is -2.18. The summed E-state index contributed by atoms with van der Waals surface area (Å²) in [4.78, 5) is 23.1. The number of aromatic nitrogens is 1. The predicted molar refractivity (Wildman–Crippen MR) is 92.1 cm³/mol. The number of nitrogens with zero attached hydrogens (tertiary/aromatic N) is 1. The number of fused-ring (bicyclic) bond motifs is 1. The number of hydrogen-bond acceptors (Lipinski definition) is 5. The summed E-state index contributed by atoms with van der Waals surface area (Å²) < 4.78 is 33.8. The van der Waals surface area contributed by atoms with Crippen LogP contribution in [0.2, 0.25) is 0 Å². The molecule has 25 heavy (non-hydrogen) atoms. The zero-order valence-corrected chi connectivity index (χ0v) is 14.3. The number of oxazole rings is 1. The van der Waals surface area contributed by atoms with E-state index in [0.717, 1.165) is 0 Å². The zero-order chi connectivity index (χ0) is 18.2. The quantitative estimate of drug-likeness (QED) is 0.728. The number of aryl methyl sites for hydroxylation is 1. The van der Waals surface area contributed by atoms with Gasteiger partial charge in [0.25, 0.3) is 15.9 Å². The van der Waals surface area contributed by atoms with E-state index in [1.54, 1.807) is 12.1 Å². The lowest BCUT2D eigenvalue weighted by molar-refractivity contribution is 0.0963. The van der Waals surface area contributed by atoms with Crippen molar-refractivity contribution < 1.29 is 17.6 Å². The summed E-state index contributed by atoms with van der Waals surface area (Å²) in [7, 11) is -0.890. The van der Waals surface area contributed by atoms with Crippen LogP contribution in [0.5, 0.6) is 0 Å². The molecule has 9 heteroatoms. The normalized spacial score (nSPS) is 11.4. The number of carbonyl (C=O) groups excluding carboxylic acids is 1. The summed E-state index contributed by atoms with van der Waals surface area (Å²) >= 11 is 0. The van der Waals surface area contributed by atoms with Crippen LogP contribution in [-0.4, -0.2) is 25.9 Å². The first-order chi connectivity index (χ1) is 11.8. The number of anilines is 1. The van der Waals surface area contributed by atoms with E-state index in [1.165, 1.54) is 49.0 Å². The molecule has 0 saturated heterocycles. The highest BCUT2D eigenvalue weighted by molar-refractivity contribution is 7.92. The number of nitrogens with one attached hydrogen (secondary N) is 2. The van der Waals surface area contributed by atoms with Crippen molar-refractivity contribution in [3.63, 3.8) is 0 Å². The third-order valence-corrected chi connectivity index (χ3v) is 5.06. The van der Waals surface area contributed by atoms with Crippen molar-refractivity contribution in [3.8, 4) is 0 Å². The second-order valence-corrected chi connectivity index (χ2v) is 7.00. The molecular formula is C16H15N3O5S. The summed E-state index contributed by atoms with van der Waals surface area (Å²) in [6, 6.07) is 10.3. The molecule has 3 rings (SSSR count). The zero-order valence-electron chi connectivity index (χ0n) is 13.4. The van der Waals surface area contributed by atoms with Crippen LogP contribution in [0.1, 0.15) is 10.4 Å². The number of sulfonamides is 1. The number of benzene rings is 2. The molecular weight excluding hydrogens is 346 g/mol. The second kappa shape index (κ2) is 6.10. The maximum absolute atomic E-state index is 12.5. The van der Waals surface area contributed by atoms with E-state index >= 15 is 0 Å². The third-order valence-electron chi connectivity index (χ3n) is 3.68. The monoisotopic (exact) mass is 361 g/mol. The molecule has 0 atom stereocenters. The second-order valence-electron chi connectivity index (χ2n) is 5.32. The van der Waals surface area contributed by atoms with Crippen LogP contribution >= 0.6 is 0 Å². The van der Waals surface area contributed by atoms with E-state index in [1.807, 2.05) is 0 Å². The molecule has 0 unspecified atom stereocenters. The van der Waals surface area contributed by atoms with Crippen LogP contribution in [0, 0.1) is 0 Å². The van der Waals surface area contributed by atoms with Gasteiger partial charge in [0.15, 0.2) is 5.58 Å². The number of carbonyl (C=O) groups is 1. The lowest BCUT2D eigenvalue weighted by atomic mass is 10.2. The van der Waals surface area contributed by atoms with Gasteiger partial charge in [-0.3, -0.25) is 14.1 Å². The summed E-state index contributed by atoms with van der Waals surface area (Å²) in [5.74, 6) is -0.899. The van der Waals surface area contributed by atoms with Gasteiger partial charge in [0.05, 0.1) is 10.4 Å². The molecule has 8 nitrogen and oxygen atoms in total. The molecule has 0 saturated carbocycles. The highest BCUT2D eigenvalue weighted by Gasteiger charge is 2.17. The summed E-state index contributed by atoms with van der Waals surface area (Å²) in [6.07, 6.45) is 0. The number of rotatable bonds is 4. The van der Waals surface area contributed by atoms with Gasteiger partial charge in [-0.15, -0.1) is 0 Å². The van der Waals surface area contributed by atoms with E-state index < -0.39 is 15.8 Å². The third kappa shape index (κ3) is 3.13. The molecule has 1 amide bonds. The van der Waals surface area contributed by atoms with Crippen molar-refractivity contribution in [3.05, 3.63) is 58.6 Å². The molecule has 2 aromatic carbocycles. The lowest BCUT2D eigenvalue weighted by Gasteiger charge is -2.09. The molecule has 0 aliphatic carbocycles. The Balaban J connectivity index is 1.97. The SMILES string of the molecule is CNC(=O)c1cccc(NS(=O)(=O)c2ccc3c(c2)oc(=O)n3C)c1. The van der Waals surface area contributed by atoms with Gasteiger partial charge in [-0.25, -0.2) is 13.2 Å². The van der Waals surface area contributed by atoms with E-state index in [0.29, 0.717) is 11.1 Å². The molecule has 0 radical (unpaired) electrons. The fraction of sp³-hybridized carbons (Fsp3) is 0.125. The summed E-state index contributed by atoms with van der Waals surface area (Å²) in [5.41, 5.74) is 1.24. The number of hydrogen-bond donors (Lipinski definition) is 2. The van der Waals surface area contributed by atoms with Crippen molar-refractivity contribution >= 4 is 32.7 Å². The fourth-order valence-corrected chi connectivity index (χ4v) is 3.43. The van der Waals surface area contributed by atoms with Gasteiger partial charge in [-0.2, -0.15) is 0 Å². The Morgan fingerprint density at radius 2 is 1.92 bits per heavy atom. The minimum atomic E-state index is -3.91. The van der Waals surface area contributed by atoms with E-state index in [4.69, 9.17) is 4.42 Å². The van der Waals surface area contributed by atoms with Crippen molar-refractivity contribution in [2.75, 3.05) is 11.8 Å². The van der Waals surface area contributed by atoms with Crippen molar-refractivity contribution in [2.45, 2.75) is 4.90 Å². The van der Waals surface area contributed by atoms with Gasteiger partial charge in [-0.05, 0) is 30.3 Å². The van der Waals surface area contributed by atoms with Crippen LogP contribution in [0.3, 0.4) is 0 Å². The Kier molecular flexibility index (Phi) is 4.09. The van der Waals surface area contributed by atoms with E-state index in [-0.39, 0.29) is 22.1 Å². The van der Waals surface area contributed by atoms with Gasteiger partial charge < -0.3 is 9.73 Å². The first-order valence-electron chi connectivity index (χ1n) is 7.26. The van der Waals surface area contributed by atoms with Crippen molar-refractivity contribution in [2.24, 2.45) is 7.05 Å². The highest BCUT2D eigenvalue weighted by Crippen LogP contribution is 2.21. The average molecular weight is 361 g/mol. The average Bonchev–Trinajstić information content (AvgIpc) is 2.88. The molecule has 130 valence electrons. The van der Waals surface area contributed by atoms with E-state index in [9.17, 15) is 18.0 Å². The van der Waals surface area contributed by atoms with Crippen LogP contribution in [0.25, 0.3) is 11.1 Å². The van der Waals surface area contributed by atoms with Gasteiger partial charge in [-0.1, -0.05) is 6.07 Å². The van der Waals surface area contributed by atoms with Gasteiger partial charge in [0.2, 0.25) is 0 Å². The standard InChI is InChI=1S/C16H15N3O5S/c1-17-15(20)10-4-3-5-11(8-10)18-25(22,23)12-6-7-13-14(9-12)24-16(21)19(13)2/h3-9,18H,1-2H3,(H,17,20). The maximum Gasteiger partial charge on any atom is 0.419 e. The first kappa shape index (κ1) is 16.8. The highest BCUT2D eigenvalue weighted by atomic mass is 32.2. The first-order valence-corrected chi connectivity index (χ1v) is 8.75. The Morgan fingerprint density at radius 3 is 2.64 bits per heavy atom. The van der Waals surface area contributed by atoms with Crippen LogP contribution in [0.15, 0.2) is 56.6 Å². The topological polar surface area (TPSA) is 110 Å². The Morgan fingerprint density at radius 1 is 1.16 bits per heavy atom. The molecule has 0 aliphatic rings. The summed E-state index contributed by atoms with van der Waals surface area (Å²) in [6.45, 7) is 0. The van der Waals surface area contributed by atoms with Crippen LogP contribution < -0.4 is 15.8 Å². The van der Waals surface area contributed by atoms with Crippen LogP contribution in [0.4, 0.5) is 5.69 Å². The Bertz CT molecular complexity index is 1130. The Hall–Kier alpha value is -3.07. The Labute approximate surface area is 143 Å². The molecule has 0 spiro atoms. The summed E-state index contributed by atoms with van der Waals surface area (Å²) in [5, 5.41) is 2.47. The molecule has 0 fully saturated rings. The molecule has 0 bridgehead atoms. The molecule has 3 aromatic rings. The minimum absolute atomic E-state index is 0.0558.